The first-order valence-electron chi connectivity index (χ1n) is 11.2. The van der Waals surface area contributed by atoms with Crippen LogP contribution in [0.25, 0.3) is 16.6 Å². The normalized spacial score (nSPS) is 11.9. The molecule has 0 bridgehead atoms. The van der Waals surface area contributed by atoms with Gasteiger partial charge in [-0.3, -0.25) is 14.2 Å². The second-order valence-corrected chi connectivity index (χ2v) is 9.68. The van der Waals surface area contributed by atoms with Crippen molar-refractivity contribution in [2.24, 2.45) is 0 Å². The van der Waals surface area contributed by atoms with E-state index < -0.39 is 6.04 Å². The zero-order valence-electron chi connectivity index (χ0n) is 19.9. The number of fused-ring (bicyclic) bond motifs is 1. The number of hydrogen-bond acceptors (Lipinski definition) is 6. The van der Waals surface area contributed by atoms with Crippen LogP contribution in [0.4, 0.5) is 0 Å². The first-order valence-corrected chi connectivity index (χ1v) is 12.9. The molecular weight excluding hydrogens is 530 g/mol. The standard InChI is InChI=1S/C26H26BrN3O4S/c1-5-12-29(26(32)22-11-8-13-35-22)16(2)24-28-19-10-7-6-9-18(19)25(31)30(24)20-14-17(33-3)15-21(34-4)23(20)27/h6-11,13-16H,5,12H2,1-4H3. The predicted octanol–water partition coefficient (Wildman–Crippen LogP) is 5.84. The van der Waals surface area contributed by atoms with Crippen molar-refractivity contribution in [1.82, 2.24) is 14.5 Å². The van der Waals surface area contributed by atoms with Crippen molar-refractivity contribution in [3.63, 3.8) is 0 Å². The average Bonchev–Trinajstić information content (AvgIpc) is 3.42. The van der Waals surface area contributed by atoms with Crippen LogP contribution >= 0.6 is 27.3 Å². The third kappa shape index (κ3) is 4.70. The van der Waals surface area contributed by atoms with Gasteiger partial charge in [-0.25, -0.2) is 4.98 Å². The van der Waals surface area contributed by atoms with Gasteiger partial charge in [-0.2, -0.15) is 0 Å². The van der Waals surface area contributed by atoms with E-state index in [0.29, 0.717) is 49.8 Å². The molecule has 0 spiro atoms. The Bertz CT molecular complexity index is 1420. The van der Waals surface area contributed by atoms with Crippen molar-refractivity contribution in [2.45, 2.75) is 26.3 Å². The summed E-state index contributed by atoms with van der Waals surface area (Å²) >= 11 is 5.00. The van der Waals surface area contributed by atoms with Crippen LogP contribution in [0.1, 0.15) is 41.8 Å². The van der Waals surface area contributed by atoms with E-state index >= 15 is 0 Å². The van der Waals surface area contributed by atoms with Crippen LogP contribution in [0.2, 0.25) is 0 Å². The molecule has 1 atom stereocenters. The van der Waals surface area contributed by atoms with Gasteiger partial charge in [0.25, 0.3) is 11.5 Å². The Morgan fingerprint density at radius 1 is 1.17 bits per heavy atom. The molecule has 0 N–H and O–H groups in total. The van der Waals surface area contributed by atoms with Gasteiger partial charge >= 0.3 is 0 Å². The van der Waals surface area contributed by atoms with E-state index in [1.807, 2.05) is 49.6 Å². The molecule has 2 aromatic heterocycles. The first-order chi connectivity index (χ1) is 16.9. The molecule has 182 valence electrons. The molecule has 7 nitrogen and oxygen atoms in total. The number of nitrogens with zero attached hydrogens (tertiary/aromatic N) is 3. The van der Waals surface area contributed by atoms with Crippen molar-refractivity contribution in [2.75, 3.05) is 20.8 Å². The van der Waals surface area contributed by atoms with Gasteiger partial charge in [0.1, 0.15) is 17.3 Å². The zero-order valence-corrected chi connectivity index (χ0v) is 22.4. The quantitative estimate of drug-likeness (QED) is 0.273. The van der Waals surface area contributed by atoms with Crippen molar-refractivity contribution in [3.8, 4) is 17.2 Å². The van der Waals surface area contributed by atoms with Gasteiger partial charge in [-0.1, -0.05) is 25.1 Å². The molecule has 2 heterocycles. The van der Waals surface area contributed by atoms with Crippen LogP contribution in [-0.4, -0.2) is 41.1 Å². The molecule has 0 fully saturated rings. The minimum atomic E-state index is -0.494. The molecule has 4 rings (SSSR count). The van der Waals surface area contributed by atoms with Gasteiger partial charge in [-0.15, -0.1) is 11.3 Å². The maximum absolute atomic E-state index is 13.9. The molecule has 0 aliphatic rings. The fraction of sp³-hybridized carbons (Fsp3) is 0.269. The van der Waals surface area contributed by atoms with Crippen LogP contribution in [0.5, 0.6) is 11.5 Å². The summed E-state index contributed by atoms with van der Waals surface area (Å²) in [4.78, 5) is 34.7. The highest BCUT2D eigenvalue weighted by atomic mass is 79.9. The maximum Gasteiger partial charge on any atom is 0.266 e. The Morgan fingerprint density at radius 3 is 2.60 bits per heavy atom. The second kappa shape index (κ2) is 10.6. The number of benzene rings is 2. The first kappa shape index (κ1) is 24.9. The molecule has 2 aromatic carbocycles. The number of hydrogen-bond donors (Lipinski definition) is 0. The molecule has 4 aromatic rings. The van der Waals surface area contributed by atoms with Crippen LogP contribution in [0, 0.1) is 0 Å². The van der Waals surface area contributed by atoms with Crippen LogP contribution in [-0.2, 0) is 0 Å². The topological polar surface area (TPSA) is 73.7 Å². The Balaban J connectivity index is 2.00. The lowest BCUT2D eigenvalue weighted by Gasteiger charge is -2.30. The van der Waals surface area contributed by atoms with Gasteiger partial charge in [0.15, 0.2) is 0 Å². The van der Waals surface area contributed by atoms with Crippen LogP contribution in [0.3, 0.4) is 0 Å². The Kier molecular flexibility index (Phi) is 7.57. The Hall–Kier alpha value is -3.17. The lowest BCUT2D eigenvalue weighted by molar-refractivity contribution is 0.0686. The smallest absolute Gasteiger partial charge is 0.266 e. The van der Waals surface area contributed by atoms with E-state index in [4.69, 9.17) is 14.5 Å². The predicted molar refractivity (Wildman–Crippen MR) is 142 cm³/mol. The Morgan fingerprint density at radius 2 is 1.94 bits per heavy atom. The van der Waals surface area contributed by atoms with E-state index in [9.17, 15) is 9.59 Å². The summed E-state index contributed by atoms with van der Waals surface area (Å²) in [5.41, 5.74) is 0.849. The number of ether oxygens (including phenoxy) is 2. The van der Waals surface area contributed by atoms with Gasteiger partial charge in [-0.05, 0) is 52.9 Å². The number of methoxy groups -OCH3 is 2. The number of aromatic nitrogens is 2. The largest absolute Gasteiger partial charge is 0.497 e. The average molecular weight is 556 g/mol. The second-order valence-electron chi connectivity index (χ2n) is 7.94. The number of carbonyl (C=O) groups excluding carboxylic acids is 1. The summed E-state index contributed by atoms with van der Waals surface area (Å²) in [6.07, 6.45) is 0.760. The molecule has 1 unspecified atom stereocenters. The van der Waals surface area contributed by atoms with E-state index in [-0.39, 0.29) is 11.5 Å². The van der Waals surface area contributed by atoms with Gasteiger partial charge < -0.3 is 14.4 Å². The Labute approximate surface area is 216 Å². The third-order valence-corrected chi connectivity index (χ3v) is 7.45. The van der Waals surface area contributed by atoms with Crippen molar-refractivity contribution >= 4 is 44.1 Å². The molecule has 0 aliphatic carbocycles. The van der Waals surface area contributed by atoms with Gasteiger partial charge in [0.2, 0.25) is 0 Å². The monoisotopic (exact) mass is 555 g/mol. The summed E-state index contributed by atoms with van der Waals surface area (Å²) in [5, 5.41) is 2.36. The van der Waals surface area contributed by atoms with Gasteiger partial charge in [0, 0.05) is 18.7 Å². The number of carbonyl (C=O) groups is 1. The summed E-state index contributed by atoms with van der Waals surface area (Å²) < 4.78 is 13.1. The molecule has 0 aliphatic heterocycles. The molecule has 9 heteroatoms. The third-order valence-electron chi connectivity index (χ3n) is 5.79. The zero-order chi connectivity index (χ0) is 25.1. The van der Waals surface area contributed by atoms with Crippen molar-refractivity contribution < 1.29 is 14.3 Å². The highest BCUT2D eigenvalue weighted by molar-refractivity contribution is 9.10. The highest BCUT2D eigenvalue weighted by Gasteiger charge is 2.28. The molecular formula is C26H26BrN3O4S. The lowest BCUT2D eigenvalue weighted by Crippen LogP contribution is -2.37. The molecule has 0 radical (unpaired) electrons. The number of halogens is 1. The fourth-order valence-corrected chi connectivity index (χ4v) is 5.29. The summed E-state index contributed by atoms with van der Waals surface area (Å²) in [6.45, 7) is 4.44. The molecule has 0 saturated heterocycles. The van der Waals surface area contributed by atoms with E-state index in [2.05, 4.69) is 15.9 Å². The minimum absolute atomic E-state index is 0.0920. The van der Waals surface area contributed by atoms with Crippen molar-refractivity contribution in [3.05, 3.63) is 79.4 Å². The number of thiophene rings is 1. The minimum Gasteiger partial charge on any atom is -0.497 e. The van der Waals surface area contributed by atoms with Gasteiger partial charge in [0.05, 0.1) is 46.2 Å². The molecule has 0 saturated carbocycles. The molecule has 1 amide bonds. The van der Waals surface area contributed by atoms with E-state index in [0.717, 1.165) is 6.42 Å². The highest BCUT2D eigenvalue weighted by Crippen LogP contribution is 2.37. The summed E-state index contributed by atoms with van der Waals surface area (Å²) in [6, 6.07) is 13.9. The van der Waals surface area contributed by atoms with E-state index in [1.54, 1.807) is 41.9 Å². The lowest BCUT2D eigenvalue weighted by atomic mass is 10.1. The number of rotatable bonds is 8. The maximum atomic E-state index is 13.9. The van der Waals surface area contributed by atoms with E-state index in [1.165, 1.54) is 11.3 Å². The SMILES string of the molecule is CCCN(C(=O)c1cccs1)C(C)c1nc2ccccc2c(=O)n1-c1cc(OC)cc(OC)c1Br. The molecule has 35 heavy (non-hydrogen) atoms. The summed E-state index contributed by atoms with van der Waals surface area (Å²) in [7, 11) is 3.11. The number of amides is 1. The fourth-order valence-electron chi connectivity index (χ4n) is 4.04. The van der Waals surface area contributed by atoms with Crippen LogP contribution < -0.4 is 15.0 Å². The number of para-hydroxylation sites is 1. The van der Waals surface area contributed by atoms with Crippen LogP contribution in [0.15, 0.2) is 63.2 Å². The summed E-state index contributed by atoms with van der Waals surface area (Å²) in [5.74, 6) is 1.39. The van der Waals surface area contributed by atoms with Crippen molar-refractivity contribution in [1.29, 1.82) is 0 Å².